The third-order valence-electron chi connectivity index (χ3n) is 6.53. The number of hydrogen-bond acceptors (Lipinski definition) is 4. The lowest BCUT2D eigenvalue weighted by Gasteiger charge is -2.38. The van der Waals surface area contributed by atoms with Crippen molar-refractivity contribution in [3.8, 4) is 0 Å². The standard InChI is InChI=1S/C27H31N3O3/c1-21(23-10-6-3-7-11-23)16-25(31)29-14-12-27(33,13-15-29)19-30-20-28-24(18-26(30)32)17-22-8-4-2-5-9-22/h2-11,18,20-21,33H,12-17,19H2,1H3. The minimum absolute atomic E-state index is 0.109. The van der Waals surface area contributed by atoms with Gasteiger partial charge in [-0.25, -0.2) is 4.98 Å². The Labute approximate surface area is 194 Å². The van der Waals surface area contributed by atoms with Crippen molar-refractivity contribution in [1.29, 1.82) is 0 Å². The van der Waals surface area contributed by atoms with Crippen LogP contribution in [0, 0.1) is 0 Å². The molecule has 6 nitrogen and oxygen atoms in total. The maximum atomic E-state index is 12.8. The van der Waals surface area contributed by atoms with E-state index < -0.39 is 5.60 Å². The van der Waals surface area contributed by atoms with Crippen molar-refractivity contribution in [1.82, 2.24) is 14.5 Å². The Kier molecular flexibility index (Phi) is 7.04. The van der Waals surface area contributed by atoms with Crippen LogP contribution >= 0.6 is 0 Å². The van der Waals surface area contributed by atoms with E-state index in [1.807, 2.05) is 65.6 Å². The molecule has 2 aromatic carbocycles. The molecule has 1 fully saturated rings. The summed E-state index contributed by atoms with van der Waals surface area (Å²) >= 11 is 0. The maximum Gasteiger partial charge on any atom is 0.253 e. The summed E-state index contributed by atoms with van der Waals surface area (Å²) in [5.41, 5.74) is 1.78. The van der Waals surface area contributed by atoms with Crippen LogP contribution in [0.3, 0.4) is 0 Å². The number of carbonyl (C=O) groups is 1. The zero-order valence-electron chi connectivity index (χ0n) is 19.1. The third-order valence-corrected chi connectivity index (χ3v) is 6.53. The molecule has 4 rings (SSSR count). The topological polar surface area (TPSA) is 75.4 Å². The Morgan fingerprint density at radius 3 is 2.33 bits per heavy atom. The van der Waals surface area contributed by atoms with Crippen LogP contribution in [0.1, 0.15) is 48.9 Å². The SMILES string of the molecule is CC(CC(=O)N1CCC(O)(Cn2cnc(Cc3ccccc3)cc2=O)CC1)c1ccccc1. The van der Waals surface area contributed by atoms with Crippen molar-refractivity contribution < 1.29 is 9.90 Å². The highest BCUT2D eigenvalue weighted by molar-refractivity contribution is 5.77. The average molecular weight is 446 g/mol. The lowest BCUT2D eigenvalue weighted by atomic mass is 9.90. The van der Waals surface area contributed by atoms with Gasteiger partial charge in [0.2, 0.25) is 5.91 Å². The molecule has 1 unspecified atom stereocenters. The van der Waals surface area contributed by atoms with Gasteiger partial charge in [-0.3, -0.25) is 14.2 Å². The molecule has 0 aliphatic carbocycles. The Hall–Kier alpha value is -3.25. The second-order valence-corrected chi connectivity index (χ2v) is 9.13. The van der Waals surface area contributed by atoms with Gasteiger partial charge in [0.25, 0.3) is 5.56 Å². The zero-order valence-corrected chi connectivity index (χ0v) is 19.1. The van der Waals surface area contributed by atoms with E-state index in [0.29, 0.717) is 44.5 Å². The number of aliphatic hydroxyl groups is 1. The lowest BCUT2D eigenvalue weighted by Crippen LogP contribution is -2.49. The maximum absolute atomic E-state index is 12.8. The number of benzene rings is 2. The molecule has 1 aromatic heterocycles. The van der Waals surface area contributed by atoms with Crippen molar-refractivity contribution >= 4 is 5.91 Å². The largest absolute Gasteiger partial charge is 0.388 e. The highest BCUT2D eigenvalue weighted by atomic mass is 16.3. The van der Waals surface area contributed by atoms with Crippen molar-refractivity contribution in [2.45, 2.75) is 50.7 Å². The molecule has 1 aliphatic heterocycles. The van der Waals surface area contributed by atoms with E-state index in [2.05, 4.69) is 11.9 Å². The second-order valence-electron chi connectivity index (χ2n) is 9.13. The highest BCUT2D eigenvalue weighted by Gasteiger charge is 2.34. The zero-order chi connectivity index (χ0) is 23.3. The number of carbonyl (C=O) groups excluding carboxylic acids is 1. The number of nitrogens with zero attached hydrogens (tertiary/aromatic N) is 3. The lowest BCUT2D eigenvalue weighted by molar-refractivity contribution is -0.136. The molecule has 0 saturated carbocycles. The van der Waals surface area contributed by atoms with Crippen LogP contribution in [0.25, 0.3) is 0 Å². The Morgan fingerprint density at radius 2 is 1.70 bits per heavy atom. The van der Waals surface area contributed by atoms with Gasteiger partial charge in [-0.1, -0.05) is 67.6 Å². The third kappa shape index (κ3) is 5.96. The first-order valence-corrected chi connectivity index (χ1v) is 11.6. The first kappa shape index (κ1) is 22.9. The van der Waals surface area contributed by atoms with Crippen LogP contribution in [0.2, 0.25) is 0 Å². The molecule has 1 amide bonds. The van der Waals surface area contributed by atoms with Gasteiger partial charge in [-0.05, 0) is 29.9 Å². The Balaban J connectivity index is 1.32. The van der Waals surface area contributed by atoms with E-state index >= 15 is 0 Å². The number of likely N-dealkylation sites (tertiary alicyclic amines) is 1. The minimum Gasteiger partial charge on any atom is -0.388 e. The molecule has 0 bridgehead atoms. The normalized spacial score (nSPS) is 16.4. The first-order valence-electron chi connectivity index (χ1n) is 11.6. The van der Waals surface area contributed by atoms with Gasteiger partial charge in [-0.2, -0.15) is 0 Å². The van der Waals surface area contributed by atoms with E-state index in [9.17, 15) is 14.7 Å². The molecule has 0 radical (unpaired) electrons. The molecular weight excluding hydrogens is 414 g/mol. The van der Waals surface area contributed by atoms with E-state index in [1.54, 1.807) is 6.07 Å². The smallest absolute Gasteiger partial charge is 0.253 e. The summed E-state index contributed by atoms with van der Waals surface area (Å²) in [6.45, 7) is 3.23. The average Bonchev–Trinajstić information content (AvgIpc) is 2.82. The monoisotopic (exact) mass is 445 g/mol. The van der Waals surface area contributed by atoms with Crippen LogP contribution in [-0.4, -0.2) is 44.2 Å². The van der Waals surface area contributed by atoms with Crippen LogP contribution < -0.4 is 5.56 Å². The van der Waals surface area contributed by atoms with Gasteiger partial charge in [-0.15, -0.1) is 0 Å². The van der Waals surface area contributed by atoms with Crippen molar-refractivity contribution in [2.24, 2.45) is 0 Å². The molecule has 1 N–H and O–H groups in total. The molecule has 33 heavy (non-hydrogen) atoms. The minimum atomic E-state index is -1.02. The molecule has 3 aromatic rings. The van der Waals surface area contributed by atoms with Crippen LogP contribution in [0.5, 0.6) is 0 Å². The van der Waals surface area contributed by atoms with Gasteiger partial charge in [0, 0.05) is 32.0 Å². The van der Waals surface area contributed by atoms with E-state index in [-0.39, 0.29) is 23.9 Å². The number of aromatic nitrogens is 2. The predicted molar refractivity (Wildman–Crippen MR) is 128 cm³/mol. The summed E-state index contributed by atoms with van der Waals surface area (Å²) in [5, 5.41) is 11.1. The van der Waals surface area contributed by atoms with E-state index in [0.717, 1.165) is 11.1 Å². The van der Waals surface area contributed by atoms with Crippen molar-refractivity contribution in [3.63, 3.8) is 0 Å². The molecular formula is C27H31N3O3. The van der Waals surface area contributed by atoms with Gasteiger partial charge in [0.1, 0.15) is 0 Å². The second kappa shape index (κ2) is 10.1. The fourth-order valence-electron chi connectivity index (χ4n) is 4.42. The fraction of sp³-hybridized carbons (Fsp3) is 0.370. The van der Waals surface area contributed by atoms with Crippen molar-refractivity contribution in [3.05, 3.63) is 100 Å². The first-order chi connectivity index (χ1) is 15.9. The highest BCUT2D eigenvalue weighted by Crippen LogP contribution is 2.26. The molecule has 172 valence electrons. The summed E-state index contributed by atoms with van der Waals surface area (Å²) in [4.78, 5) is 31.6. The molecule has 0 spiro atoms. The van der Waals surface area contributed by atoms with Gasteiger partial charge >= 0.3 is 0 Å². The summed E-state index contributed by atoms with van der Waals surface area (Å²) in [7, 11) is 0. The number of hydrogen-bond donors (Lipinski definition) is 1. The van der Waals surface area contributed by atoms with Crippen LogP contribution in [-0.2, 0) is 17.8 Å². The van der Waals surface area contributed by atoms with Gasteiger partial charge in [0.15, 0.2) is 0 Å². The van der Waals surface area contributed by atoms with Gasteiger partial charge < -0.3 is 10.0 Å². The molecule has 1 saturated heterocycles. The molecule has 1 atom stereocenters. The van der Waals surface area contributed by atoms with Gasteiger partial charge in [0.05, 0.1) is 24.2 Å². The summed E-state index contributed by atoms with van der Waals surface area (Å²) in [5.74, 6) is 0.260. The summed E-state index contributed by atoms with van der Waals surface area (Å²) in [6.07, 6.45) is 3.46. The van der Waals surface area contributed by atoms with Crippen LogP contribution in [0.4, 0.5) is 0 Å². The number of piperidine rings is 1. The molecule has 1 aliphatic rings. The van der Waals surface area contributed by atoms with Crippen molar-refractivity contribution in [2.75, 3.05) is 13.1 Å². The molecule has 6 heteroatoms. The van der Waals surface area contributed by atoms with E-state index in [4.69, 9.17) is 0 Å². The van der Waals surface area contributed by atoms with Crippen LogP contribution in [0.15, 0.2) is 77.9 Å². The quantitative estimate of drug-likeness (QED) is 0.605. The number of amides is 1. The predicted octanol–water partition coefficient (Wildman–Crippen LogP) is 3.38. The Morgan fingerprint density at radius 1 is 1.06 bits per heavy atom. The Bertz CT molecular complexity index is 1120. The molecule has 2 heterocycles. The number of rotatable bonds is 7. The van der Waals surface area contributed by atoms with E-state index in [1.165, 1.54) is 10.9 Å². The summed E-state index contributed by atoms with van der Waals surface area (Å²) in [6, 6.07) is 21.5. The summed E-state index contributed by atoms with van der Waals surface area (Å²) < 4.78 is 1.48. The fourth-order valence-corrected chi connectivity index (χ4v) is 4.42.